The lowest BCUT2D eigenvalue weighted by Crippen LogP contribution is -1.97. The molecule has 0 aliphatic heterocycles. The van der Waals surface area contributed by atoms with Gasteiger partial charge in [-0.15, -0.1) is 23.1 Å². The number of hydrogen-bond acceptors (Lipinski definition) is 5. The van der Waals surface area contributed by atoms with Crippen LogP contribution in [0.1, 0.15) is 28.3 Å². The van der Waals surface area contributed by atoms with E-state index in [1.54, 1.807) is 11.8 Å². The van der Waals surface area contributed by atoms with Crippen molar-refractivity contribution in [3.05, 3.63) is 52.5 Å². The van der Waals surface area contributed by atoms with E-state index in [4.69, 9.17) is 0 Å². The summed E-state index contributed by atoms with van der Waals surface area (Å²) in [6, 6.07) is 11.9. The van der Waals surface area contributed by atoms with E-state index in [1.807, 2.05) is 48.7 Å². The number of thioether (sulfide) groups is 1. The standard InChI is InChI=1S/C17H16N2OS2/c1-12-18-14-7-3-2-6-13(14)17(19-12)22-11-4-8-15(20)16-9-5-10-21-16/h2-3,5-7,9-10H,4,8,11H2,1H3. The van der Waals surface area contributed by atoms with Crippen molar-refractivity contribution in [1.82, 2.24) is 9.97 Å². The van der Waals surface area contributed by atoms with Gasteiger partial charge in [-0.1, -0.05) is 24.3 Å². The van der Waals surface area contributed by atoms with Crippen molar-refractivity contribution >= 4 is 39.8 Å². The second kappa shape index (κ2) is 7.03. The summed E-state index contributed by atoms with van der Waals surface area (Å²) in [7, 11) is 0. The number of carbonyl (C=O) groups excluding carboxylic acids is 1. The zero-order valence-electron chi connectivity index (χ0n) is 12.3. The predicted molar refractivity (Wildman–Crippen MR) is 92.9 cm³/mol. The van der Waals surface area contributed by atoms with Crippen molar-refractivity contribution in [3.63, 3.8) is 0 Å². The Morgan fingerprint density at radius 3 is 2.86 bits per heavy atom. The van der Waals surface area contributed by atoms with Gasteiger partial charge in [-0.05, 0) is 36.6 Å². The number of aryl methyl sites for hydroxylation is 1. The van der Waals surface area contributed by atoms with Gasteiger partial charge in [0.2, 0.25) is 0 Å². The lowest BCUT2D eigenvalue weighted by Gasteiger charge is -2.06. The number of fused-ring (bicyclic) bond motifs is 1. The van der Waals surface area contributed by atoms with Crippen molar-refractivity contribution in [1.29, 1.82) is 0 Å². The SMILES string of the molecule is Cc1nc(SCCCC(=O)c2cccs2)c2ccccc2n1. The average Bonchev–Trinajstić information content (AvgIpc) is 3.05. The molecule has 1 aromatic carbocycles. The highest BCUT2D eigenvalue weighted by Gasteiger charge is 2.08. The van der Waals surface area contributed by atoms with Gasteiger partial charge >= 0.3 is 0 Å². The van der Waals surface area contributed by atoms with Gasteiger partial charge in [0.1, 0.15) is 10.9 Å². The quantitative estimate of drug-likeness (QED) is 0.283. The molecular weight excluding hydrogens is 312 g/mol. The molecule has 3 aromatic rings. The zero-order chi connectivity index (χ0) is 15.4. The molecule has 0 bridgehead atoms. The Labute approximate surface area is 137 Å². The number of aromatic nitrogens is 2. The maximum absolute atomic E-state index is 12.0. The summed E-state index contributed by atoms with van der Waals surface area (Å²) in [4.78, 5) is 21.8. The van der Waals surface area contributed by atoms with Crippen LogP contribution in [0.25, 0.3) is 10.9 Å². The Hall–Kier alpha value is -1.72. The molecule has 0 spiro atoms. The summed E-state index contributed by atoms with van der Waals surface area (Å²) in [5.41, 5.74) is 0.979. The second-order valence-corrected chi connectivity index (χ2v) is 6.98. The summed E-state index contributed by atoms with van der Waals surface area (Å²) in [5.74, 6) is 1.91. The summed E-state index contributed by atoms with van der Waals surface area (Å²) >= 11 is 3.22. The highest BCUT2D eigenvalue weighted by Crippen LogP contribution is 2.26. The van der Waals surface area contributed by atoms with E-state index >= 15 is 0 Å². The summed E-state index contributed by atoms with van der Waals surface area (Å²) in [6.07, 6.45) is 1.45. The van der Waals surface area contributed by atoms with Gasteiger partial charge in [0.15, 0.2) is 5.78 Å². The molecule has 2 aromatic heterocycles. The minimum atomic E-state index is 0.235. The molecule has 3 rings (SSSR count). The third-order valence-electron chi connectivity index (χ3n) is 3.26. The zero-order valence-corrected chi connectivity index (χ0v) is 13.9. The van der Waals surface area contributed by atoms with Gasteiger partial charge in [0.25, 0.3) is 0 Å². The molecule has 0 unspecified atom stereocenters. The molecular formula is C17H16N2OS2. The van der Waals surface area contributed by atoms with E-state index in [1.165, 1.54) is 11.3 Å². The fourth-order valence-electron chi connectivity index (χ4n) is 2.23. The van der Waals surface area contributed by atoms with Gasteiger partial charge in [-0.25, -0.2) is 9.97 Å². The first-order valence-electron chi connectivity index (χ1n) is 7.17. The first-order valence-corrected chi connectivity index (χ1v) is 9.03. The maximum atomic E-state index is 12.0. The van der Waals surface area contributed by atoms with Crippen molar-refractivity contribution < 1.29 is 4.79 Å². The van der Waals surface area contributed by atoms with Crippen LogP contribution in [-0.2, 0) is 0 Å². The van der Waals surface area contributed by atoms with E-state index in [2.05, 4.69) is 9.97 Å². The molecule has 112 valence electrons. The molecule has 0 atom stereocenters. The third kappa shape index (κ3) is 3.54. The van der Waals surface area contributed by atoms with Gasteiger partial charge in [0.05, 0.1) is 10.4 Å². The molecule has 0 saturated heterocycles. The lowest BCUT2D eigenvalue weighted by molar-refractivity contribution is 0.0986. The molecule has 0 amide bonds. The molecule has 0 aliphatic carbocycles. The number of carbonyl (C=O) groups is 1. The predicted octanol–water partition coefficient (Wildman–Crippen LogP) is 4.75. The molecule has 2 heterocycles. The first kappa shape index (κ1) is 15.2. The highest BCUT2D eigenvalue weighted by molar-refractivity contribution is 7.99. The average molecular weight is 328 g/mol. The lowest BCUT2D eigenvalue weighted by atomic mass is 10.2. The molecule has 0 radical (unpaired) electrons. The van der Waals surface area contributed by atoms with Crippen LogP contribution in [-0.4, -0.2) is 21.5 Å². The van der Waals surface area contributed by atoms with Crippen molar-refractivity contribution in [2.45, 2.75) is 24.8 Å². The van der Waals surface area contributed by atoms with E-state index in [9.17, 15) is 4.79 Å². The number of thiophene rings is 1. The highest BCUT2D eigenvalue weighted by atomic mass is 32.2. The Balaban J connectivity index is 1.61. The summed E-state index contributed by atoms with van der Waals surface area (Å²) in [5, 5.41) is 4.03. The fourth-order valence-corrected chi connectivity index (χ4v) is 3.93. The Morgan fingerprint density at radius 1 is 1.18 bits per heavy atom. The van der Waals surface area contributed by atoms with Crippen LogP contribution in [0.3, 0.4) is 0 Å². The minimum absolute atomic E-state index is 0.235. The number of benzene rings is 1. The van der Waals surface area contributed by atoms with Gasteiger partial charge in [-0.2, -0.15) is 0 Å². The minimum Gasteiger partial charge on any atom is -0.293 e. The van der Waals surface area contributed by atoms with Crippen molar-refractivity contribution in [3.8, 4) is 0 Å². The monoisotopic (exact) mass is 328 g/mol. The number of Topliss-reactive ketones (excluding diaryl/α,β-unsaturated/α-hetero) is 1. The third-order valence-corrected chi connectivity index (χ3v) is 5.25. The van der Waals surface area contributed by atoms with Crippen LogP contribution >= 0.6 is 23.1 Å². The van der Waals surface area contributed by atoms with E-state index < -0.39 is 0 Å². The second-order valence-electron chi connectivity index (χ2n) is 4.95. The molecule has 0 aliphatic rings. The summed E-state index contributed by atoms with van der Waals surface area (Å²) < 4.78 is 0. The number of rotatable bonds is 6. The number of nitrogens with zero attached hydrogens (tertiary/aromatic N) is 2. The molecule has 0 saturated carbocycles. The van der Waals surface area contributed by atoms with E-state index in [0.29, 0.717) is 6.42 Å². The van der Waals surface area contributed by atoms with Crippen LogP contribution < -0.4 is 0 Å². The van der Waals surface area contributed by atoms with Gasteiger partial charge in [0, 0.05) is 11.8 Å². The van der Waals surface area contributed by atoms with Crippen LogP contribution in [0.15, 0.2) is 46.8 Å². The maximum Gasteiger partial charge on any atom is 0.172 e. The summed E-state index contributed by atoms with van der Waals surface area (Å²) in [6.45, 7) is 1.91. The topological polar surface area (TPSA) is 42.9 Å². The van der Waals surface area contributed by atoms with Crippen LogP contribution in [0, 0.1) is 6.92 Å². The molecule has 0 N–H and O–H groups in total. The number of hydrogen-bond donors (Lipinski definition) is 0. The van der Waals surface area contributed by atoms with E-state index in [0.717, 1.165) is 38.8 Å². The molecule has 5 heteroatoms. The van der Waals surface area contributed by atoms with E-state index in [-0.39, 0.29) is 5.78 Å². The van der Waals surface area contributed by atoms with Crippen LogP contribution in [0.5, 0.6) is 0 Å². The van der Waals surface area contributed by atoms with Crippen molar-refractivity contribution in [2.24, 2.45) is 0 Å². The Bertz CT molecular complexity index is 784. The van der Waals surface area contributed by atoms with Gasteiger partial charge < -0.3 is 0 Å². The molecule has 22 heavy (non-hydrogen) atoms. The van der Waals surface area contributed by atoms with Crippen LogP contribution in [0.2, 0.25) is 0 Å². The van der Waals surface area contributed by atoms with Gasteiger partial charge in [-0.3, -0.25) is 4.79 Å². The Morgan fingerprint density at radius 2 is 2.05 bits per heavy atom. The largest absolute Gasteiger partial charge is 0.293 e. The first-order chi connectivity index (χ1) is 10.7. The number of para-hydroxylation sites is 1. The van der Waals surface area contributed by atoms with Crippen LogP contribution in [0.4, 0.5) is 0 Å². The molecule has 0 fully saturated rings. The normalized spacial score (nSPS) is 11.0. The Kier molecular flexibility index (Phi) is 4.85. The molecule has 3 nitrogen and oxygen atoms in total. The fraction of sp³-hybridized carbons (Fsp3) is 0.235. The van der Waals surface area contributed by atoms with Crippen molar-refractivity contribution in [2.75, 3.05) is 5.75 Å². The smallest absolute Gasteiger partial charge is 0.172 e. The number of ketones is 1.